The highest BCUT2D eigenvalue weighted by molar-refractivity contribution is 5.84. The number of nitro groups is 1. The maximum absolute atomic E-state index is 12.5. The number of benzene rings is 1. The van der Waals surface area contributed by atoms with Gasteiger partial charge in [0.05, 0.1) is 7.11 Å². The second-order valence-corrected chi connectivity index (χ2v) is 6.31. The molecule has 2 heterocycles. The van der Waals surface area contributed by atoms with Gasteiger partial charge in [-0.1, -0.05) is 30.3 Å². The number of fused-ring (bicyclic) bond motifs is 1. The monoisotopic (exact) mass is 304 g/mol. The lowest BCUT2D eigenvalue weighted by atomic mass is 9.77. The van der Waals surface area contributed by atoms with E-state index in [-0.39, 0.29) is 11.0 Å². The SMILES string of the molecule is COC(=O)[C@]12CCCN1[C@@H](c1ccccc1)C[C@]2(C)[N+](=O)[O-]. The molecule has 2 aliphatic heterocycles. The van der Waals surface area contributed by atoms with Crippen molar-refractivity contribution >= 4 is 5.97 Å². The Balaban J connectivity index is 2.13. The van der Waals surface area contributed by atoms with Crippen molar-refractivity contribution in [1.82, 2.24) is 4.90 Å². The number of ether oxygens (including phenoxy) is 1. The molecule has 2 saturated heterocycles. The van der Waals surface area contributed by atoms with Crippen LogP contribution < -0.4 is 0 Å². The van der Waals surface area contributed by atoms with Gasteiger partial charge < -0.3 is 4.74 Å². The maximum Gasteiger partial charge on any atom is 0.333 e. The smallest absolute Gasteiger partial charge is 0.333 e. The van der Waals surface area contributed by atoms with Crippen LogP contribution in [0.4, 0.5) is 0 Å². The summed E-state index contributed by atoms with van der Waals surface area (Å²) >= 11 is 0. The number of rotatable bonds is 3. The zero-order chi connectivity index (χ0) is 16.0. The molecule has 0 aliphatic carbocycles. The van der Waals surface area contributed by atoms with Gasteiger partial charge in [0.1, 0.15) is 0 Å². The largest absolute Gasteiger partial charge is 0.467 e. The standard InChI is InChI=1S/C16H20N2O4/c1-15(18(20)21)11-13(12-7-4-3-5-8-12)17-10-6-9-16(15,17)14(19)22-2/h3-5,7-8,13H,6,9-11H2,1-2H3/t13-,15+,16+/m1/s1. The van der Waals surface area contributed by atoms with E-state index in [0.29, 0.717) is 19.4 Å². The molecule has 2 fully saturated rings. The van der Waals surface area contributed by atoms with Gasteiger partial charge in [-0.3, -0.25) is 15.0 Å². The lowest BCUT2D eigenvalue weighted by Crippen LogP contribution is -2.62. The van der Waals surface area contributed by atoms with E-state index in [9.17, 15) is 14.9 Å². The molecule has 0 N–H and O–H groups in total. The molecule has 0 spiro atoms. The third-order valence-electron chi connectivity index (χ3n) is 5.40. The van der Waals surface area contributed by atoms with Crippen molar-refractivity contribution in [2.75, 3.05) is 13.7 Å². The second-order valence-electron chi connectivity index (χ2n) is 6.31. The molecular formula is C16H20N2O4. The van der Waals surface area contributed by atoms with E-state index in [4.69, 9.17) is 4.74 Å². The summed E-state index contributed by atoms with van der Waals surface area (Å²) in [5.74, 6) is -0.484. The average Bonchev–Trinajstić information content (AvgIpc) is 3.07. The predicted octanol–water partition coefficient (Wildman–Crippen LogP) is 2.17. The van der Waals surface area contributed by atoms with Gasteiger partial charge in [0, 0.05) is 30.9 Å². The van der Waals surface area contributed by atoms with Crippen molar-refractivity contribution in [3.05, 3.63) is 46.0 Å². The molecule has 2 aliphatic rings. The molecule has 0 saturated carbocycles. The van der Waals surface area contributed by atoms with Crippen LogP contribution >= 0.6 is 0 Å². The minimum absolute atomic E-state index is 0.127. The zero-order valence-electron chi connectivity index (χ0n) is 12.8. The van der Waals surface area contributed by atoms with Gasteiger partial charge in [0.15, 0.2) is 5.54 Å². The summed E-state index contributed by atoms with van der Waals surface area (Å²) in [5.41, 5.74) is -1.48. The third kappa shape index (κ3) is 1.73. The molecule has 0 amide bonds. The summed E-state index contributed by atoms with van der Waals surface area (Å²) < 4.78 is 4.98. The van der Waals surface area contributed by atoms with E-state index in [1.807, 2.05) is 35.2 Å². The quantitative estimate of drug-likeness (QED) is 0.486. The second kappa shape index (κ2) is 5.05. The first-order chi connectivity index (χ1) is 10.5. The lowest BCUT2D eigenvalue weighted by molar-refractivity contribution is -0.573. The zero-order valence-corrected chi connectivity index (χ0v) is 12.8. The van der Waals surface area contributed by atoms with Gasteiger partial charge >= 0.3 is 5.97 Å². The summed E-state index contributed by atoms with van der Waals surface area (Å²) in [4.78, 5) is 26.1. The van der Waals surface area contributed by atoms with Crippen LogP contribution in [-0.4, -0.2) is 40.5 Å². The Morgan fingerprint density at radius 1 is 1.41 bits per heavy atom. The highest BCUT2D eigenvalue weighted by Gasteiger charge is 2.74. The molecule has 3 atom stereocenters. The average molecular weight is 304 g/mol. The fourth-order valence-corrected chi connectivity index (χ4v) is 4.30. The van der Waals surface area contributed by atoms with E-state index in [1.54, 1.807) is 6.92 Å². The van der Waals surface area contributed by atoms with E-state index in [1.165, 1.54) is 7.11 Å². The van der Waals surface area contributed by atoms with E-state index < -0.39 is 17.0 Å². The first-order valence-corrected chi connectivity index (χ1v) is 7.52. The van der Waals surface area contributed by atoms with Crippen molar-refractivity contribution in [1.29, 1.82) is 0 Å². The highest BCUT2D eigenvalue weighted by atomic mass is 16.6. The fourth-order valence-electron chi connectivity index (χ4n) is 4.30. The summed E-state index contributed by atoms with van der Waals surface area (Å²) in [6.07, 6.45) is 1.56. The summed E-state index contributed by atoms with van der Waals surface area (Å²) in [6, 6.07) is 9.58. The molecular weight excluding hydrogens is 284 g/mol. The van der Waals surface area contributed by atoms with E-state index >= 15 is 0 Å². The normalized spacial score (nSPS) is 34.4. The molecule has 3 rings (SSSR count). The number of carbonyl (C=O) groups is 1. The lowest BCUT2D eigenvalue weighted by Gasteiger charge is -2.36. The Bertz CT molecular complexity index is 605. The predicted molar refractivity (Wildman–Crippen MR) is 79.9 cm³/mol. The molecule has 0 unspecified atom stereocenters. The number of nitrogens with zero attached hydrogens (tertiary/aromatic N) is 2. The maximum atomic E-state index is 12.5. The minimum atomic E-state index is -1.34. The first-order valence-electron chi connectivity index (χ1n) is 7.52. The van der Waals surface area contributed by atoms with Gasteiger partial charge in [-0.2, -0.15) is 0 Å². The number of carbonyl (C=O) groups excluding carboxylic acids is 1. The van der Waals surface area contributed by atoms with Crippen LogP contribution in [0, 0.1) is 10.1 Å². The van der Waals surface area contributed by atoms with Crippen LogP contribution in [-0.2, 0) is 9.53 Å². The van der Waals surface area contributed by atoms with Gasteiger partial charge in [-0.15, -0.1) is 0 Å². The first kappa shape index (κ1) is 15.0. The number of esters is 1. The molecule has 0 aromatic heterocycles. The van der Waals surface area contributed by atoms with Crippen molar-refractivity contribution in [3.63, 3.8) is 0 Å². The molecule has 22 heavy (non-hydrogen) atoms. The van der Waals surface area contributed by atoms with Crippen molar-refractivity contribution < 1.29 is 14.5 Å². The Labute approximate surface area is 129 Å². The number of hydrogen-bond donors (Lipinski definition) is 0. The van der Waals surface area contributed by atoms with Gasteiger partial charge in [0.25, 0.3) is 0 Å². The summed E-state index contributed by atoms with van der Waals surface area (Å²) in [7, 11) is 1.31. The van der Waals surface area contributed by atoms with Gasteiger partial charge in [-0.05, 0) is 18.4 Å². The minimum Gasteiger partial charge on any atom is -0.467 e. The van der Waals surface area contributed by atoms with Crippen molar-refractivity contribution in [2.45, 2.75) is 43.3 Å². The topological polar surface area (TPSA) is 72.7 Å². The Kier molecular flexibility index (Phi) is 3.44. The van der Waals surface area contributed by atoms with E-state index in [2.05, 4.69) is 0 Å². The molecule has 6 nitrogen and oxygen atoms in total. The molecule has 118 valence electrons. The van der Waals surface area contributed by atoms with Crippen molar-refractivity contribution in [3.8, 4) is 0 Å². The fraction of sp³-hybridized carbons (Fsp3) is 0.562. The number of hydrogen-bond acceptors (Lipinski definition) is 5. The van der Waals surface area contributed by atoms with Crippen LogP contribution in [0.1, 0.15) is 37.8 Å². The number of methoxy groups -OCH3 is 1. The van der Waals surface area contributed by atoms with Crippen LogP contribution in [0.15, 0.2) is 30.3 Å². The van der Waals surface area contributed by atoms with Crippen LogP contribution in [0.5, 0.6) is 0 Å². The van der Waals surface area contributed by atoms with Gasteiger partial charge in [0.2, 0.25) is 5.54 Å². The molecule has 1 aromatic rings. The molecule has 0 radical (unpaired) electrons. The molecule has 1 aromatic carbocycles. The Hall–Kier alpha value is -1.95. The third-order valence-corrected chi connectivity index (χ3v) is 5.40. The Morgan fingerprint density at radius 3 is 2.68 bits per heavy atom. The molecule has 0 bridgehead atoms. The van der Waals surface area contributed by atoms with Crippen LogP contribution in [0.25, 0.3) is 0 Å². The van der Waals surface area contributed by atoms with Crippen LogP contribution in [0.2, 0.25) is 0 Å². The summed E-state index contributed by atoms with van der Waals surface area (Å²) in [5, 5.41) is 11.8. The van der Waals surface area contributed by atoms with E-state index in [0.717, 1.165) is 12.0 Å². The highest BCUT2D eigenvalue weighted by Crippen LogP contribution is 2.55. The van der Waals surface area contributed by atoms with Crippen LogP contribution in [0.3, 0.4) is 0 Å². The van der Waals surface area contributed by atoms with Gasteiger partial charge in [-0.25, -0.2) is 4.79 Å². The Morgan fingerprint density at radius 2 is 2.09 bits per heavy atom. The summed E-state index contributed by atoms with van der Waals surface area (Å²) in [6.45, 7) is 2.27. The van der Waals surface area contributed by atoms with Crippen molar-refractivity contribution in [2.24, 2.45) is 0 Å². The molecule has 6 heteroatoms.